The third-order valence-corrected chi connectivity index (χ3v) is 4.65. The number of hydrogen-bond acceptors (Lipinski definition) is 3. The van der Waals surface area contributed by atoms with Crippen LogP contribution in [-0.2, 0) is 12.6 Å². The predicted molar refractivity (Wildman–Crippen MR) is 108 cm³/mol. The molecular formula is C22H25F3N4. The molecule has 3 aromatic rings. The van der Waals surface area contributed by atoms with Crippen molar-refractivity contribution in [1.29, 1.82) is 0 Å². The molecule has 4 nitrogen and oxygen atoms in total. The van der Waals surface area contributed by atoms with Crippen molar-refractivity contribution in [2.45, 2.75) is 39.3 Å². The number of alkyl halides is 3. The second-order valence-electron chi connectivity index (χ2n) is 6.97. The molecule has 0 fully saturated rings. The zero-order chi connectivity index (χ0) is 20.9. The van der Waals surface area contributed by atoms with Crippen molar-refractivity contribution in [3.05, 3.63) is 71.4 Å². The van der Waals surface area contributed by atoms with Gasteiger partial charge in [-0.15, -0.1) is 5.10 Å². The SMILES string of the molecule is CCCN(CCC)c1c(Cc2ccc(C(F)(F)F)cc2)nnn1-c1ccccc1. The maximum Gasteiger partial charge on any atom is 0.416 e. The van der Waals surface area contributed by atoms with Gasteiger partial charge < -0.3 is 4.90 Å². The van der Waals surface area contributed by atoms with E-state index in [0.29, 0.717) is 6.42 Å². The Morgan fingerprint density at radius 2 is 1.52 bits per heavy atom. The molecule has 0 unspecified atom stereocenters. The summed E-state index contributed by atoms with van der Waals surface area (Å²) in [4.78, 5) is 2.26. The summed E-state index contributed by atoms with van der Waals surface area (Å²) in [7, 11) is 0. The van der Waals surface area contributed by atoms with Crippen molar-refractivity contribution >= 4 is 5.82 Å². The number of anilines is 1. The number of rotatable bonds is 8. The predicted octanol–water partition coefficient (Wildman–Crippen LogP) is 5.50. The lowest BCUT2D eigenvalue weighted by atomic mass is 10.1. The molecule has 0 spiro atoms. The monoisotopic (exact) mass is 402 g/mol. The number of benzene rings is 2. The molecule has 0 bridgehead atoms. The zero-order valence-corrected chi connectivity index (χ0v) is 16.7. The average Bonchev–Trinajstić information content (AvgIpc) is 3.11. The minimum absolute atomic E-state index is 0.421. The maximum atomic E-state index is 12.8. The van der Waals surface area contributed by atoms with Crippen LogP contribution in [-0.4, -0.2) is 28.1 Å². The highest BCUT2D eigenvalue weighted by molar-refractivity contribution is 5.51. The first kappa shape index (κ1) is 20.9. The van der Waals surface area contributed by atoms with E-state index in [1.54, 1.807) is 0 Å². The molecule has 0 N–H and O–H groups in total. The summed E-state index contributed by atoms with van der Waals surface area (Å²) in [6.45, 7) is 5.95. The normalized spacial score (nSPS) is 11.6. The van der Waals surface area contributed by atoms with Crippen molar-refractivity contribution in [2.24, 2.45) is 0 Å². The molecule has 0 saturated heterocycles. The lowest BCUT2D eigenvalue weighted by Crippen LogP contribution is -2.28. The molecule has 0 atom stereocenters. The number of aromatic nitrogens is 3. The molecule has 0 radical (unpaired) electrons. The van der Waals surface area contributed by atoms with Crippen LogP contribution in [0.15, 0.2) is 54.6 Å². The molecular weight excluding hydrogens is 377 g/mol. The van der Waals surface area contributed by atoms with E-state index in [-0.39, 0.29) is 0 Å². The Hall–Kier alpha value is -2.83. The molecule has 2 aromatic carbocycles. The Kier molecular flexibility index (Phi) is 6.56. The van der Waals surface area contributed by atoms with Crippen LogP contribution in [0.2, 0.25) is 0 Å². The van der Waals surface area contributed by atoms with Crippen molar-refractivity contribution in [1.82, 2.24) is 15.0 Å². The van der Waals surface area contributed by atoms with E-state index in [2.05, 4.69) is 29.1 Å². The minimum atomic E-state index is -4.33. The van der Waals surface area contributed by atoms with Crippen LogP contribution in [0.4, 0.5) is 19.0 Å². The Labute approximate surface area is 169 Å². The standard InChI is InChI=1S/C22H25F3N4/c1-3-14-28(15-4-2)21-20(26-27-29(21)19-8-6-5-7-9-19)16-17-10-12-18(13-11-17)22(23,24)25/h5-13H,3-4,14-16H2,1-2H3. The van der Waals surface area contributed by atoms with Crippen LogP contribution in [0.3, 0.4) is 0 Å². The molecule has 1 heterocycles. The Morgan fingerprint density at radius 3 is 2.07 bits per heavy atom. The van der Waals surface area contributed by atoms with Crippen LogP contribution in [0.1, 0.15) is 43.5 Å². The van der Waals surface area contributed by atoms with Gasteiger partial charge >= 0.3 is 6.18 Å². The van der Waals surface area contributed by atoms with Gasteiger partial charge in [-0.2, -0.15) is 17.9 Å². The number of nitrogens with zero attached hydrogens (tertiary/aromatic N) is 4. The molecule has 7 heteroatoms. The van der Waals surface area contributed by atoms with E-state index < -0.39 is 11.7 Å². The Balaban J connectivity index is 1.98. The second kappa shape index (κ2) is 9.11. The molecule has 154 valence electrons. The topological polar surface area (TPSA) is 34.0 Å². The molecule has 0 aliphatic rings. The fraction of sp³-hybridized carbons (Fsp3) is 0.364. The van der Waals surface area contributed by atoms with Gasteiger partial charge in [-0.3, -0.25) is 0 Å². The minimum Gasteiger partial charge on any atom is -0.355 e. The van der Waals surface area contributed by atoms with Crippen molar-refractivity contribution < 1.29 is 13.2 Å². The van der Waals surface area contributed by atoms with Gasteiger partial charge in [0.1, 0.15) is 5.69 Å². The van der Waals surface area contributed by atoms with Crippen molar-refractivity contribution in [2.75, 3.05) is 18.0 Å². The van der Waals surface area contributed by atoms with E-state index in [0.717, 1.165) is 60.8 Å². The van der Waals surface area contributed by atoms with Crippen molar-refractivity contribution in [3.63, 3.8) is 0 Å². The average molecular weight is 402 g/mol. The summed E-state index contributed by atoms with van der Waals surface area (Å²) in [6.07, 6.45) is -1.97. The third-order valence-electron chi connectivity index (χ3n) is 4.65. The maximum absolute atomic E-state index is 12.8. The highest BCUT2D eigenvalue weighted by Gasteiger charge is 2.30. The van der Waals surface area contributed by atoms with Crippen LogP contribution in [0.5, 0.6) is 0 Å². The summed E-state index contributed by atoms with van der Waals surface area (Å²) in [5.74, 6) is 0.903. The molecule has 29 heavy (non-hydrogen) atoms. The molecule has 0 aliphatic carbocycles. The van der Waals surface area contributed by atoms with E-state index >= 15 is 0 Å². The van der Waals surface area contributed by atoms with E-state index in [1.165, 1.54) is 12.1 Å². The molecule has 0 amide bonds. The van der Waals surface area contributed by atoms with E-state index in [9.17, 15) is 13.2 Å². The van der Waals surface area contributed by atoms with Crippen LogP contribution in [0, 0.1) is 0 Å². The lowest BCUT2D eigenvalue weighted by Gasteiger charge is -2.25. The highest BCUT2D eigenvalue weighted by Crippen LogP contribution is 2.30. The first-order valence-electron chi connectivity index (χ1n) is 9.85. The van der Waals surface area contributed by atoms with Gasteiger partial charge in [0.2, 0.25) is 0 Å². The number of hydrogen-bond donors (Lipinski definition) is 0. The van der Waals surface area contributed by atoms with Gasteiger partial charge in [-0.05, 0) is 42.7 Å². The summed E-state index contributed by atoms with van der Waals surface area (Å²) in [5, 5.41) is 8.76. The van der Waals surface area contributed by atoms with Gasteiger partial charge in [0.05, 0.1) is 11.3 Å². The van der Waals surface area contributed by atoms with Crippen LogP contribution >= 0.6 is 0 Å². The fourth-order valence-electron chi connectivity index (χ4n) is 3.35. The first-order chi connectivity index (χ1) is 13.9. The fourth-order valence-corrected chi connectivity index (χ4v) is 3.35. The quantitative estimate of drug-likeness (QED) is 0.499. The van der Waals surface area contributed by atoms with E-state index in [4.69, 9.17) is 0 Å². The van der Waals surface area contributed by atoms with Gasteiger partial charge in [-0.1, -0.05) is 49.4 Å². The first-order valence-corrected chi connectivity index (χ1v) is 9.85. The molecule has 3 rings (SSSR count). The summed E-state index contributed by atoms with van der Waals surface area (Å²) in [6, 6.07) is 15.0. The van der Waals surface area contributed by atoms with E-state index in [1.807, 2.05) is 35.0 Å². The zero-order valence-electron chi connectivity index (χ0n) is 16.7. The van der Waals surface area contributed by atoms with Gasteiger partial charge in [0, 0.05) is 19.5 Å². The van der Waals surface area contributed by atoms with Gasteiger partial charge in [0.15, 0.2) is 5.82 Å². The number of para-hydroxylation sites is 1. The largest absolute Gasteiger partial charge is 0.416 e. The summed E-state index contributed by atoms with van der Waals surface area (Å²) < 4.78 is 40.4. The Bertz CT molecular complexity index is 896. The number of halogens is 3. The lowest BCUT2D eigenvalue weighted by molar-refractivity contribution is -0.137. The summed E-state index contributed by atoms with van der Waals surface area (Å²) in [5.41, 5.74) is 1.79. The third kappa shape index (κ3) is 4.96. The van der Waals surface area contributed by atoms with Gasteiger partial charge in [0.25, 0.3) is 0 Å². The van der Waals surface area contributed by atoms with Gasteiger partial charge in [-0.25, -0.2) is 0 Å². The Morgan fingerprint density at radius 1 is 0.897 bits per heavy atom. The van der Waals surface area contributed by atoms with Crippen LogP contribution in [0.25, 0.3) is 5.69 Å². The second-order valence-corrected chi connectivity index (χ2v) is 6.97. The van der Waals surface area contributed by atoms with Crippen molar-refractivity contribution in [3.8, 4) is 5.69 Å². The smallest absolute Gasteiger partial charge is 0.355 e. The summed E-state index contributed by atoms with van der Waals surface area (Å²) >= 11 is 0. The molecule has 0 aliphatic heterocycles. The highest BCUT2D eigenvalue weighted by atomic mass is 19.4. The van der Waals surface area contributed by atoms with Crippen LogP contribution < -0.4 is 4.90 Å². The molecule has 1 aromatic heterocycles. The molecule has 0 saturated carbocycles.